The van der Waals surface area contributed by atoms with Gasteiger partial charge in [0.1, 0.15) is 22.9 Å². The number of hydrogen-bond acceptors (Lipinski definition) is 7. The standard InChI is InChI=1S/C40H48FN3O7S/c1-40(2,3)28-13-9-26(10-14-28)33(45)24-52-37-36(44(38(37)48)30-17-15-29(41)16-18-30)27-11-19-31(20-12-27)51-23-35(47)42-22-34(46)43-32(39(49)50)21-25-7-5-4-6-8-25/h9-20,25,32-33,36-37,45H,4-8,21-24H2,1-3H3,(H,42,47)(H,43,46)(H,49,50)/t32-,33?,36+,37+/m0/s1/i25D. The van der Waals surface area contributed by atoms with Crippen molar-refractivity contribution in [2.24, 2.45) is 5.89 Å². The van der Waals surface area contributed by atoms with Crippen molar-refractivity contribution in [3.63, 3.8) is 0 Å². The number of thioether (sulfide) groups is 1. The third-order valence-electron chi connectivity index (χ3n) is 9.47. The first-order chi connectivity index (χ1) is 25.1. The largest absolute Gasteiger partial charge is 0.484 e. The Hall–Kier alpha value is -4.42. The summed E-state index contributed by atoms with van der Waals surface area (Å²) >= 11 is 1.35. The zero-order chi connectivity index (χ0) is 38.3. The van der Waals surface area contributed by atoms with Crippen molar-refractivity contribution in [3.05, 3.63) is 95.3 Å². The molecule has 3 amide bonds. The molecule has 1 aliphatic heterocycles. The zero-order valence-corrected chi connectivity index (χ0v) is 30.6. The highest BCUT2D eigenvalue weighted by molar-refractivity contribution is 8.00. The lowest BCUT2D eigenvalue weighted by molar-refractivity contribution is -0.142. The van der Waals surface area contributed by atoms with Crippen LogP contribution in [0.15, 0.2) is 72.8 Å². The SMILES string of the molecule is [2H]C1(C[C@H](NC(=O)CNC(=O)COc2ccc([C@@H]3[C@@H](SCC(O)c4ccc(C(C)(C)C)cc4)C(=O)N3c3ccc(F)cc3)cc2)C(=O)O)CCCCC1. The Morgan fingerprint density at radius 1 is 0.981 bits per heavy atom. The fraction of sp³-hybridized carbons (Fsp3) is 0.450. The van der Waals surface area contributed by atoms with Crippen LogP contribution in [-0.2, 0) is 24.6 Å². The second-order valence-electron chi connectivity index (χ2n) is 14.4. The van der Waals surface area contributed by atoms with Gasteiger partial charge >= 0.3 is 5.97 Å². The molecule has 4 N–H and O–H groups in total. The molecule has 1 heterocycles. The number of carboxylic acids is 1. The number of aliphatic hydroxyl groups is 1. The summed E-state index contributed by atoms with van der Waals surface area (Å²) in [4.78, 5) is 51.8. The van der Waals surface area contributed by atoms with Gasteiger partial charge < -0.3 is 30.5 Å². The predicted molar refractivity (Wildman–Crippen MR) is 199 cm³/mol. The van der Waals surface area contributed by atoms with Gasteiger partial charge in [-0.15, -0.1) is 11.8 Å². The molecule has 52 heavy (non-hydrogen) atoms. The van der Waals surface area contributed by atoms with E-state index in [4.69, 9.17) is 6.11 Å². The van der Waals surface area contributed by atoms with E-state index in [1.54, 1.807) is 41.3 Å². The number of amides is 3. The van der Waals surface area contributed by atoms with E-state index >= 15 is 0 Å². The summed E-state index contributed by atoms with van der Waals surface area (Å²) in [7, 11) is 0. The molecule has 2 fully saturated rings. The Morgan fingerprint density at radius 2 is 1.63 bits per heavy atom. The maximum absolute atomic E-state index is 13.7. The molecule has 1 saturated heterocycles. The molecule has 2 aliphatic rings. The molecular formula is C40H48FN3O7S. The van der Waals surface area contributed by atoms with Gasteiger partial charge in [0, 0.05) is 12.8 Å². The van der Waals surface area contributed by atoms with Crippen LogP contribution < -0.4 is 20.3 Å². The van der Waals surface area contributed by atoms with Crippen LogP contribution >= 0.6 is 11.8 Å². The number of nitrogens with one attached hydrogen (secondary N) is 2. The van der Waals surface area contributed by atoms with Crippen LogP contribution in [0.25, 0.3) is 0 Å². The van der Waals surface area contributed by atoms with Crippen LogP contribution in [0.5, 0.6) is 5.75 Å². The van der Waals surface area contributed by atoms with Crippen molar-refractivity contribution in [1.82, 2.24) is 10.6 Å². The summed E-state index contributed by atoms with van der Waals surface area (Å²) in [5.74, 6) is -3.30. The molecule has 0 aromatic heterocycles. The van der Waals surface area contributed by atoms with E-state index in [-0.39, 0.29) is 23.5 Å². The van der Waals surface area contributed by atoms with Crippen molar-refractivity contribution in [3.8, 4) is 5.75 Å². The summed E-state index contributed by atoms with van der Waals surface area (Å²) in [6.45, 7) is 5.52. The number of benzene rings is 3. The number of halogens is 1. The second-order valence-corrected chi connectivity index (χ2v) is 15.6. The molecule has 3 aromatic carbocycles. The highest BCUT2D eigenvalue weighted by Gasteiger charge is 2.49. The van der Waals surface area contributed by atoms with Crippen LogP contribution in [0, 0.1) is 11.7 Å². The Kier molecular flexibility index (Phi) is 12.5. The van der Waals surface area contributed by atoms with Crippen molar-refractivity contribution >= 4 is 41.1 Å². The number of aliphatic hydroxyl groups excluding tert-OH is 1. The molecule has 4 atom stereocenters. The van der Waals surface area contributed by atoms with E-state index in [1.807, 2.05) is 24.3 Å². The predicted octanol–water partition coefficient (Wildman–Crippen LogP) is 6.08. The summed E-state index contributed by atoms with van der Waals surface area (Å²) in [6, 6.07) is 18.8. The molecule has 10 nitrogen and oxygen atoms in total. The topological polar surface area (TPSA) is 145 Å². The number of carbonyl (C=O) groups is 4. The number of nitrogens with zero attached hydrogens (tertiary/aromatic N) is 1. The van der Waals surface area contributed by atoms with Gasteiger partial charge in [-0.05, 0) is 70.8 Å². The maximum Gasteiger partial charge on any atom is 0.326 e. The number of ether oxygens (including phenoxy) is 1. The van der Waals surface area contributed by atoms with Gasteiger partial charge in [-0.3, -0.25) is 14.4 Å². The third kappa shape index (κ3) is 10.1. The fourth-order valence-corrected chi connectivity index (χ4v) is 7.76. The Morgan fingerprint density at radius 3 is 2.25 bits per heavy atom. The van der Waals surface area contributed by atoms with Crippen LogP contribution in [0.1, 0.15) is 89.5 Å². The van der Waals surface area contributed by atoms with E-state index < -0.39 is 66.1 Å². The smallest absolute Gasteiger partial charge is 0.326 e. The molecule has 12 heteroatoms. The van der Waals surface area contributed by atoms with E-state index in [0.717, 1.165) is 36.0 Å². The highest BCUT2D eigenvalue weighted by Crippen LogP contribution is 2.46. The molecule has 3 aromatic rings. The van der Waals surface area contributed by atoms with Gasteiger partial charge in [-0.25, -0.2) is 9.18 Å². The highest BCUT2D eigenvalue weighted by atomic mass is 32.2. The molecule has 0 spiro atoms. The van der Waals surface area contributed by atoms with Crippen molar-refractivity contribution < 1.29 is 39.9 Å². The minimum absolute atomic E-state index is 0.00538. The average Bonchev–Trinajstić information content (AvgIpc) is 3.12. The van der Waals surface area contributed by atoms with Crippen molar-refractivity contribution in [2.45, 2.75) is 88.1 Å². The monoisotopic (exact) mass is 734 g/mol. The van der Waals surface area contributed by atoms with Gasteiger partial charge in [0.2, 0.25) is 11.8 Å². The van der Waals surface area contributed by atoms with Gasteiger partial charge in [-0.1, -0.05) is 89.3 Å². The first-order valence-electron chi connectivity index (χ1n) is 18.1. The Balaban J connectivity index is 1.16. The summed E-state index contributed by atoms with van der Waals surface area (Å²) in [5, 5.41) is 24.9. The zero-order valence-electron chi connectivity index (χ0n) is 30.8. The quantitative estimate of drug-likeness (QED) is 0.138. The van der Waals surface area contributed by atoms with Gasteiger partial charge in [0.05, 0.1) is 18.7 Å². The van der Waals surface area contributed by atoms with E-state index in [9.17, 15) is 33.8 Å². The molecule has 1 unspecified atom stereocenters. The maximum atomic E-state index is 13.7. The number of aliphatic carboxylic acids is 1. The molecule has 278 valence electrons. The molecule has 0 bridgehead atoms. The molecule has 1 aliphatic carbocycles. The number of carboxylic acid groups (broad SMARTS) is 1. The lowest BCUT2D eigenvalue weighted by Crippen LogP contribution is -2.57. The van der Waals surface area contributed by atoms with E-state index in [1.165, 1.54) is 23.9 Å². The van der Waals surface area contributed by atoms with Crippen molar-refractivity contribution in [1.29, 1.82) is 0 Å². The Bertz CT molecular complexity index is 1750. The minimum Gasteiger partial charge on any atom is -0.484 e. The average molecular weight is 735 g/mol. The number of rotatable bonds is 15. The first-order valence-corrected chi connectivity index (χ1v) is 18.7. The minimum atomic E-state index is -1.22. The van der Waals surface area contributed by atoms with E-state index in [0.29, 0.717) is 24.3 Å². The summed E-state index contributed by atoms with van der Waals surface area (Å²) < 4.78 is 27.9. The first kappa shape index (κ1) is 37.3. The van der Waals surface area contributed by atoms with Gasteiger partial charge in [0.25, 0.3) is 5.91 Å². The van der Waals surface area contributed by atoms with E-state index in [2.05, 4.69) is 31.4 Å². The fourth-order valence-electron chi connectivity index (χ4n) is 6.46. The van der Waals surface area contributed by atoms with Crippen LogP contribution in [0.3, 0.4) is 0 Å². The summed E-state index contributed by atoms with van der Waals surface area (Å²) in [6.07, 6.45) is 3.12. The second kappa shape index (κ2) is 17.4. The molecule has 5 rings (SSSR count). The molecule has 1 saturated carbocycles. The molecular weight excluding hydrogens is 686 g/mol. The van der Waals surface area contributed by atoms with Crippen LogP contribution in [0.2, 0.25) is 0 Å². The number of β-lactam (4-membered cyclic amide) rings is 1. The number of carbonyl (C=O) groups excluding carboxylic acids is 3. The lowest BCUT2D eigenvalue weighted by Gasteiger charge is -2.47. The van der Waals surface area contributed by atoms with Crippen LogP contribution in [-0.4, -0.2) is 64.1 Å². The van der Waals surface area contributed by atoms with Crippen molar-refractivity contribution in [2.75, 3.05) is 23.8 Å². The third-order valence-corrected chi connectivity index (χ3v) is 10.8. The normalized spacial score (nSPS) is 19.8. The van der Waals surface area contributed by atoms with Crippen LogP contribution in [0.4, 0.5) is 10.1 Å². The lowest BCUT2D eigenvalue weighted by atomic mass is 9.85. The number of anilines is 1. The van der Waals surface area contributed by atoms with Gasteiger partial charge in [-0.2, -0.15) is 0 Å². The Labute approximate surface area is 309 Å². The van der Waals surface area contributed by atoms with Gasteiger partial charge in [0.15, 0.2) is 6.61 Å². The molecule has 0 radical (unpaired) electrons. The summed E-state index contributed by atoms with van der Waals surface area (Å²) in [5.41, 5.74) is 3.21. The number of hydrogen-bond donors (Lipinski definition) is 4.